The van der Waals surface area contributed by atoms with Crippen molar-refractivity contribution < 1.29 is 10.8 Å². The SMILES string of the molecule is CCNc1ccc(C)cc1[N+]#N.CCNc1ccc(C)cc1[N+]#N.[Cl][Zn-2]([Cl])([Cl])[Cl]. The molecule has 29 heavy (non-hydrogen) atoms. The van der Waals surface area contributed by atoms with Gasteiger partial charge >= 0.3 is 61.0 Å². The average molecular weight is 532 g/mol. The summed E-state index contributed by atoms with van der Waals surface area (Å²) in [5, 5.41) is 23.5. The number of aryl methyl sites for hydroxylation is 2. The third kappa shape index (κ3) is 13.5. The minimum atomic E-state index is -3.36. The Morgan fingerprint density at radius 1 is 0.759 bits per heavy atom. The van der Waals surface area contributed by atoms with E-state index in [9.17, 15) is 0 Å². The van der Waals surface area contributed by atoms with Gasteiger partial charge in [0.2, 0.25) is 10.8 Å². The number of benzene rings is 2. The molecule has 0 bridgehead atoms. The summed E-state index contributed by atoms with van der Waals surface area (Å²) in [7, 11) is 16.8. The van der Waals surface area contributed by atoms with E-state index >= 15 is 0 Å². The number of hydrogen-bond acceptors (Lipinski definition) is 4. The molecule has 11 heteroatoms. The Balaban J connectivity index is 0.000000442. The van der Waals surface area contributed by atoms with E-state index in [1.165, 1.54) is 0 Å². The van der Waals surface area contributed by atoms with Crippen molar-refractivity contribution in [3.8, 4) is 0 Å². The van der Waals surface area contributed by atoms with Crippen LogP contribution in [0.5, 0.6) is 0 Å². The summed E-state index contributed by atoms with van der Waals surface area (Å²) in [4.78, 5) is 6.37. The Kier molecular flexibility index (Phi) is 13.9. The maximum absolute atomic E-state index is 8.65. The van der Waals surface area contributed by atoms with E-state index in [-0.39, 0.29) is 0 Å². The van der Waals surface area contributed by atoms with Crippen molar-refractivity contribution >= 4 is 61.5 Å². The molecule has 0 saturated heterocycles. The van der Waals surface area contributed by atoms with Crippen LogP contribution in [-0.4, -0.2) is 13.1 Å². The number of anilines is 2. The fourth-order valence-corrected chi connectivity index (χ4v) is 2.13. The van der Waals surface area contributed by atoms with Gasteiger partial charge in [0.25, 0.3) is 0 Å². The van der Waals surface area contributed by atoms with Crippen molar-refractivity contribution in [2.45, 2.75) is 27.7 Å². The standard InChI is InChI=1S/2C9H12N3.4ClH.Zn/c2*1-3-11-8-5-4-7(2)6-9(8)12-10;;;;;/h2*4-6,11H,3H2,1-2H3;4*1H;/q2*+1;;;;;+2/p-4. The first-order chi connectivity index (χ1) is 13.5. The quantitative estimate of drug-likeness (QED) is 0.306. The summed E-state index contributed by atoms with van der Waals surface area (Å²) in [5.41, 5.74) is 5.10. The Bertz CT molecular complexity index is 787. The zero-order valence-electron chi connectivity index (χ0n) is 16.9. The van der Waals surface area contributed by atoms with Crippen LogP contribution in [0.25, 0.3) is 9.95 Å². The maximum atomic E-state index is 8.65. The van der Waals surface area contributed by atoms with E-state index < -0.39 is 10.8 Å². The number of nitrogens with one attached hydrogen (secondary N) is 2. The molecule has 6 nitrogen and oxygen atoms in total. The summed E-state index contributed by atoms with van der Waals surface area (Å²) < 4.78 is 0. The monoisotopic (exact) mass is 528 g/mol. The number of hydrogen-bond donors (Lipinski definition) is 2. The van der Waals surface area contributed by atoms with Crippen LogP contribution in [0.15, 0.2) is 36.4 Å². The topological polar surface area (TPSA) is 80.4 Å². The molecule has 0 spiro atoms. The summed E-state index contributed by atoms with van der Waals surface area (Å²) in [5.74, 6) is 0. The van der Waals surface area contributed by atoms with Gasteiger partial charge in [-0.25, -0.2) is 0 Å². The first-order valence-electron chi connectivity index (χ1n) is 9.01. The molecule has 2 aromatic carbocycles. The minimum absolute atomic E-state index is 0.594. The van der Waals surface area contributed by atoms with Crippen molar-refractivity contribution in [3.63, 3.8) is 0 Å². The fourth-order valence-electron chi connectivity index (χ4n) is 2.13. The van der Waals surface area contributed by atoms with Crippen molar-refractivity contribution in [2.75, 3.05) is 23.7 Å². The molecule has 0 aromatic heterocycles. The van der Waals surface area contributed by atoms with Crippen LogP contribution in [0.1, 0.15) is 25.0 Å². The van der Waals surface area contributed by atoms with E-state index in [2.05, 4.69) is 20.6 Å². The number of halogens is 4. The van der Waals surface area contributed by atoms with Gasteiger partial charge < -0.3 is 10.6 Å². The first kappa shape index (κ1) is 27.7. The third-order valence-corrected chi connectivity index (χ3v) is 3.26. The molecule has 0 amide bonds. The second kappa shape index (κ2) is 14.6. The molecular weight excluding hydrogens is 507 g/mol. The third-order valence-electron chi connectivity index (χ3n) is 3.26. The van der Waals surface area contributed by atoms with Gasteiger partial charge in [0.15, 0.2) is 9.95 Å². The zero-order valence-corrected chi connectivity index (χ0v) is 22.9. The van der Waals surface area contributed by atoms with E-state index in [1.54, 1.807) is 0 Å². The molecular formula is C18H24Cl4N6Zn. The summed E-state index contributed by atoms with van der Waals surface area (Å²) in [6.45, 7) is 9.58. The van der Waals surface area contributed by atoms with Gasteiger partial charge in [-0.1, -0.05) is 12.1 Å². The molecule has 2 rings (SSSR count). The van der Waals surface area contributed by atoms with Crippen molar-refractivity contribution in [1.82, 2.24) is 0 Å². The molecule has 0 atom stereocenters. The molecule has 0 aliphatic heterocycles. The second-order valence-corrected chi connectivity index (χ2v) is 33.6. The second-order valence-electron chi connectivity index (χ2n) is 5.91. The van der Waals surface area contributed by atoms with Crippen LogP contribution in [0.2, 0.25) is 0 Å². The van der Waals surface area contributed by atoms with Crippen LogP contribution in [-0.2, 0) is 10.8 Å². The van der Waals surface area contributed by atoms with E-state index in [4.69, 9.17) is 49.5 Å². The molecule has 0 heterocycles. The van der Waals surface area contributed by atoms with Crippen LogP contribution in [0.3, 0.4) is 0 Å². The van der Waals surface area contributed by atoms with Crippen LogP contribution >= 0.6 is 38.8 Å². The van der Waals surface area contributed by atoms with Gasteiger partial charge in [-0.2, -0.15) is 0 Å². The van der Waals surface area contributed by atoms with Gasteiger partial charge in [-0.15, -0.1) is 0 Å². The molecule has 0 radical (unpaired) electrons. The van der Waals surface area contributed by atoms with Gasteiger partial charge in [0, 0.05) is 25.2 Å². The molecule has 0 aliphatic carbocycles. The normalized spacial score (nSPS) is 9.59. The molecule has 0 saturated carbocycles. The zero-order chi connectivity index (χ0) is 22.4. The predicted molar refractivity (Wildman–Crippen MR) is 124 cm³/mol. The Hall–Kier alpha value is -1.34. The van der Waals surface area contributed by atoms with E-state index in [0.29, 0.717) is 11.4 Å². The molecule has 2 aromatic rings. The average Bonchev–Trinajstić information content (AvgIpc) is 2.64. The van der Waals surface area contributed by atoms with E-state index in [0.717, 1.165) is 35.6 Å². The molecule has 0 fully saturated rings. The molecule has 156 valence electrons. The van der Waals surface area contributed by atoms with Gasteiger partial charge in [0.1, 0.15) is 11.4 Å². The predicted octanol–water partition coefficient (Wildman–Crippen LogP) is 8.58. The summed E-state index contributed by atoms with van der Waals surface area (Å²) in [6.07, 6.45) is 0. The first-order valence-corrected chi connectivity index (χ1v) is 24.6. The van der Waals surface area contributed by atoms with Gasteiger partial charge in [-0.3, -0.25) is 0 Å². The van der Waals surface area contributed by atoms with E-state index in [1.807, 2.05) is 64.1 Å². The Labute approximate surface area is 191 Å². The van der Waals surface area contributed by atoms with Gasteiger partial charge in [-0.05, 0) is 51.0 Å². The van der Waals surface area contributed by atoms with Crippen LogP contribution in [0, 0.1) is 24.6 Å². The number of nitrogens with zero attached hydrogens (tertiary/aromatic N) is 4. The number of diazo groups is 2. The van der Waals surface area contributed by atoms with Crippen molar-refractivity contribution in [3.05, 3.63) is 57.5 Å². The number of rotatable bonds is 4. The molecule has 0 aliphatic rings. The van der Waals surface area contributed by atoms with Crippen molar-refractivity contribution in [2.24, 2.45) is 0 Å². The van der Waals surface area contributed by atoms with Crippen molar-refractivity contribution in [1.29, 1.82) is 10.8 Å². The molecule has 0 unspecified atom stereocenters. The summed E-state index contributed by atoms with van der Waals surface area (Å²) >= 11 is 0. The Morgan fingerprint density at radius 2 is 1.07 bits per heavy atom. The summed E-state index contributed by atoms with van der Waals surface area (Å²) in [6, 6.07) is 11.4. The van der Waals surface area contributed by atoms with Crippen LogP contribution in [0.4, 0.5) is 22.7 Å². The van der Waals surface area contributed by atoms with Gasteiger partial charge in [0.05, 0.1) is 0 Å². The van der Waals surface area contributed by atoms with Crippen LogP contribution < -0.4 is 10.6 Å². The molecule has 2 N–H and O–H groups in total. The fraction of sp³-hybridized carbons (Fsp3) is 0.333. The Morgan fingerprint density at radius 3 is 1.31 bits per heavy atom.